The maximum absolute atomic E-state index is 11.9. The van der Waals surface area contributed by atoms with E-state index in [4.69, 9.17) is 5.11 Å². The summed E-state index contributed by atoms with van der Waals surface area (Å²) in [5.41, 5.74) is 1.02. The maximum atomic E-state index is 11.9. The molecule has 1 unspecified atom stereocenters. The molecule has 1 amide bonds. The highest BCUT2D eigenvalue weighted by molar-refractivity contribution is 7.14. The summed E-state index contributed by atoms with van der Waals surface area (Å²) in [4.78, 5) is 26.5. The number of thiophene rings is 1. The summed E-state index contributed by atoms with van der Waals surface area (Å²) in [6, 6.07) is 1.64. The number of rotatable bonds is 4. The van der Waals surface area contributed by atoms with E-state index >= 15 is 0 Å². The van der Waals surface area contributed by atoms with Crippen LogP contribution in [-0.4, -0.2) is 41.5 Å². The minimum atomic E-state index is -0.883. The molecule has 2 heterocycles. The van der Waals surface area contributed by atoms with Crippen LogP contribution in [0.2, 0.25) is 0 Å². The SMILES string of the molecule is CNC(=O)C1CCCCN1Cc1cc(C(=O)O)sc1C. The van der Waals surface area contributed by atoms with Crippen LogP contribution in [-0.2, 0) is 11.3 Å². The van der Waals surface area contributed by atoms with Gasteiger partial charge < -0.3 is 10.4 Å². The molecule has 1 saturated heterocycles. The number of aromatic carboxylic acids is 1. The minimum absolute atomic E-state index is 0.0519. The summed E-state index contributed by atoms with van der Waals surface area (Å²) in [5, 5.41) is 11.8. The van der Waals surface area contributed by atoms with E-state index in [1.54, 1.807) is 13.1 Å². The molecule has 1 aromatic rings. The Morgan fingerprint density at radius 1 is 1.50 bits per heavy atom. The van der Waals surface area contributed by atoms with Crippen LogP contribution in [0.3, 0.4) is 0 Å². The number of hydrogen-bond donors (Lipinski definition) is 2. The van der Waals surface area contributed by atoms with Crippen molar-refractivity contribution in [3.63, 3.8) is 0 Å². The molecule has 110 valence electrons. The highest BCUT2D eigenvalue weighted by atomic mass is 32.1. The number of carbonyl (C=O) groups excluding carboxylic acids is 1. The second-order valence-corrected chi connectivity index (χ2v) is 6.35. The number of amides is 1. The van der Waals surface area contributed by atoms with E-state index in [1.165, 1.54) is 11.3 Å². The molecule has 1 aliphatic rings. The second kappa shape index (κ2) is 6.37. The number of likely N-dealkylation sites (N-methyl/N-ethyl adjacent to an activating group) is 1. The molecule has 0 aliphatic carbocycles. The summed E-state index contributed by atoms with van der Waals surface area (Å²) in [7, 11) is 1.66. The van der Waals surface area contributed by atoms with E-state index in [1.807, 2.05) is 6.92 Å². The van der Waals surface area contributed by atoms with Crippen LogP contribution < -0.4 is 5.32 Å². The largest absolute Gasteiger partial charge is 0.477 e. The van der Waals surface area contributed by atoms with Gasteiger partial charge >= 0.3 is 5.97 Å². The van der Waals surface area contributed by atoms with Gasteiger partial charge in [0.15, 0.2) is 0 Å². The number of aryl methyl sites for hydroxylation is 1. The van der Waals surface area contributed by atoms with Gasteiger partial charge in [0.25, 0.3) is 0 Å². The van der Waals surface area contributed by atoms with Gasteiger partial charge in [0.05, 0.1) is 6.04 Å². The Balaban J connectivity index is 2.14. The first-order valence-electron chi connectivity index (χ1n) is 6.81. The van der Waals surface area contributed by atoms with Gasteiger partial charge in [-0.05, 0) is 37.9 Å². The fourth-order valence-electron chi connectivity index (χ4n) is 2.64. The quantitative estimate of drug-likeness (QED) is 0.889. The van der Waals surface area contributed by atoms with Crippen molar-refractivity contribution >= 4 is 23.2 Å². The van der Waals surface area contributed by atoms with Crippen molar-refractivity contribution in [2.75, 3.05) is 13.6 Å². The van der Waals surface area contributed by atoms with Crippen molar-refractivity contribution in [2.45, 2.75) is 38.8 Å². The standard InChI is InChI=1S/C14H20N2O3S/c1-9-10(7-12(20-9)14(18)19)8-16-6-4-3-5-11(16)13(17)15-2/h7,11H,3-6,8H2,1-2H3,(H,15,17)(H,18,19). The molecular formula is C14H20N2O3S. The summed E-state index contributed by atoms with van der Waals surface area (Å²) < 4.78 is 0. The zero-order valence-corrected chi connectivity index (χ0v) is 12.6. The first kappa shape index (κ1) is 15.0. The molecule has 20 heavy (non-hydrogen) atoms. The summed E-state index contributed by atoms with van der Waals surface area (Å²) in [6.45, 7) is 3.47. The number of nitrogens with one attached hydrogen (secondary N) is 1. The molecule has 0 aromatic carbocycles. The van der Waals surface area contributed by atoms with E-state index in [-0.39, 0.29) is 11.9 Å². The van der Waals surface area contributed by atoms with E-state index in [0.717, 1.165) is 36.2 Å². The first-order valence-corrected chi connectivity index (χ1v) is 7.63. The highest BCUT2D eigenvalue weighted by Gasteiger charge is 2.28. The average Bonchev–Trinajstić information content (AvgIpc) is 2.80. The molecule has 5 nitrogen and oxygen atoms in total. The summed E-state index contributed by atoms with van der Waals surface area (Å²) in [5.74, 6) is -0.832. The molecule has 1 fully saturated rings. The Morgan fingerprint density at radius 2 is 2.25 bits per heavy atom. The van der Waals surface area contributed by atoms with Crippen LogP contribution in [0.15, 0.2) is 6.07 Å². The lowest BCUT2D eigenvalue weighted by Gasteiger charge is -2.34. The zero-order chi connectivity index (χ0) is 14.7. The maximum Gasteiger partial charge on any atom is 0.345 e. The number of nitrogens with zero attached hydrogens (tertiary/aromatic N) is 1. The third-order valence-electron chi connectivity index (χ3n) is 3.77. The Kier molecular flexibility index (Phi) is 4.77. The molecule has 2 N–H and O–H groups in total. The topological polar surface area (TPSA) is 69.6 Å². The van der Waals surface area contributed by atoms with Gasteiger partial charge in [0, 0.05) is 18.5 Å². The van der Waals surface area contributed by atoms with Crippen LogP contribution in [0.1, 0.15) is 39.4 Å². The fraction of sp³-hybridized carbons (Fsp3) is 0.571. The van der Waals surface area contributed by atoms with Crippen molar-refractivity contribution in [1.29, 1.82) is 0 Å². The fourth-order valence-corrected chi connectivity index (χ4v) is 3.52. The van der Waals surface area contributed by atoms with E-state index < -0.39 is 5.97 Å². The Bertz CT molecular complexity index is 513. The zero-order valence-electron chi connectivity index (χ0n) is 11.8. The van der Waals surface area contributed by atoms with Crippen molar-refractivity contribution in [3.05, 3.63) is 21.4 Å². The van der Waals surface area contributed by atoms with E-state index in [9.17, 15) is 9.59 Å². The van der Waals surface area contributed by atoms with Crippen LogP contribution in [0.4, 0.5) is 0 Å². The van der Waals surface area contributed by atoms with Gasteiger partial charge in [-0.25, -0.2) is 4.79 Å². The van der Waals surface area contributed by atoms with Crippen LogP contribution >= 0.6 is 11.3 Å². The van der Waals surface area contributed by atoms with Crippen molar-refractivity contribution in [3.8, 4) is 0 Å². The molecule has 0 radical (unpaired) electrons. The predicted molar refractivity (Wildman–Crippen MR) is 78.1 cm³/mol. The van der Waals surface area contributed by atoms with Gasteiger partial charge in [-0.1, -0.05) is 6.42 Å². The lowest BCUT2D eigenvalue weighted by atomic mass is 10.0. The van der Waals surface area contributed by atoms with Gasteiger partial charge in [0.2, 0.25) is 5.91 Å². The van der Waals surface area contributed by atoms with Gasteiger partial charge in [-0.15, -0.1) is 11.3 Å². The molecule has 6 heteroatoms. The Labute approximate surface area is 122 Å². The Hall–Kier alpha value is -1.40. The molecule has 0 spiro atoms. The summed E-state index contributed by atoms with van der Waals surface area (Å²) >= 11 is 1.30. The number of hydrogen-bond acceptors (Lipinski definition) is 4. The molecule has 0 saturated carbocycles. The van der Waals surface area contributed by atoms with E-state index in [2.05, 4.69) is 10.2 Å². The highest BCUT2D eigenvalue weighted by Crippen LogP contribution is 2.26. The Morgan fingerprint density at radius 3 is 2.85 bits per heavy atom. The predicted octanol–water partition coefficient (Wildman–Crippen LogP) is 1.86. The minimum Gasteiger partial charge on any atom is -0.477 e. The number of likely N-dealkylation sites (tertiary alicyclic amines) is 1. The lowest BCUT2D eigenvalue weighted by molar-refractivity contribution is -0.127. The summed E-state index contributed by atoms with van der Waals surface area (Å²) in [6.07, 6.45) is 3.02. The smallest absolute Gasteiger partial charge is 0.345 e. The number of carboxylic acid groups (broad SMARTS) is 1. The van der Waals surface area contributed by atoms with E-state index in [0.29, 0.717) is 11.4 Å². The second-order valence-electron chi connectivity index (χ2n) is 5.09. The first-order chi connectivity index (χ1) is 9.52. The van der Waals surface area contributed by atoms with Crippen LogP contribution in [0.5, 0.6) is 0 Å². The normalized spacial score (nSPS) is 19.8. The number of carbonyl (C=O) groups is 2. The van der Waals surface area contributed by atoms with Crippen molar-refractivity contribution in [1.82, 2.24) is 10.2 Å². The van der Waals surface area contributed by atoms with Gasteiger partial charge in [-0.2, -0.15) is 0 Å². The van der Waals surface area contributed by atoms with Gasteiger partial charge in [0.1, 0.15) is 4.88 Å². The van der Waals surface area contributed by atoms with Crippen molar-refractivity contribution < 1.29 is 14.7 Å². The number of piperidine rings is 1. The monoisotopic (exact) mass is 296 g/mol. The average molecular weight is 296 g/mol. The number of carboxylic acids is 1. The van der Waals surface area contributed by atoms with Gasteiger partial charge in [-0.3, -0.25) is 9.69 Å². The third kappa shape index (κ3) is 3.19. The van der Waals surface area contributed by atoms with Crippen molar-refractivity contribution in [2.24, 2.45) is 0 Å². The molecule has 1 aliphatic heterocycles. The van der Waals surface area contributed by atoms with Crippen LogP contribution in [0, 0.1) is 6.92 Å². The molecule has 1 aromatic heterocycles. The van der Waals surface area contributed by atoms with Crippen LogP contribution in [0.25, 0.3) is 0 Å². The molecule has 2 rings (SSSR count). The third-order valence-corrected chi connectivity index (χ3v) is 4.85. The molecular weight excluding hydrogens is 276 g/mol. The molecule has 0 bridgehead atoms. The molecule has 1 atom stereocenters. The lowest BCUT2D eigenvalue weighted by Crippen LogP contribution is -2.48.